The zero-order valence-electron chi connectivity index (χ0n) is 16.9. The van der Waals surface area contributed by atoms with E-state index >= 15 is 0 Å². The second-order valence-corrected chi connectivity index (χ2v) is 9.07. The van der Waals surface area contributed by atoms with Crippen LogP contribution in [0.4, 0.5) is 0 Å². The summed E-state index contributed by atoms with van der Waals surface area (Å²) in [7, 11) is 0. The van der Waals surface area contributed by atoms with E-state index in [4.69, 9.17) is 4.98 Å². The maximum absolute atomic E-state index is 13.0. The summed E-state index contributed by atoms with van der Waals surface area (Å²) in [6.45, 7) is 8.92. The molecule has 0 saturated heterocycles. The lowest BCUT2D eigenvalue weighted by atomic mass is 10.0. The van der Waals surface area contributed by atoms with Gasteiger partial charge in [-0.3, -0.25) is 9.69 Å². The maximum Gasteiger partial charge on any atom is 0.260 e. The minimum Gasteiger partial charge on any atom is -0.349 e. The number of thiophene rings is 1. The number of nitrogens with zero attached hydrogens (tertiary/aromatic N) is 3. The molecule has 1 N–H and O–H groups in total. The molecule has 0 fully saturated rings. The molecular weight excluding hydrogens is 380 g/mol. The zero-order chi connectivity index (χ0) is 20.1. The van der Waals surface area contributed by atoms with Crippen LogP contribution in [0.2, 0.25) is 0 Å². The summed E-state index contributed by atoms with van der Waals surface area (Å²) in [4.78, 5) is 25.3. The molecule has 0 bridgehead atoms. The molecule has 0 spiro atoms. The number of hydrogen-bond donors (Lipinski definition) is 1. The van der Waals surface area contributed by atoms with Gasteiger partial charge in [-0.25, -0.2) is 4.98 Å². The van der Waals surface area contributed by atoms with Crippen molar-refractivity contribution in [1.29, 1.82) is 0 Å². The number of aryl methyl sites for hydroxylation is 2. The van der Waals surface area contributed by atoms with Crippen LogP contribution in [-0.4, -0.2) is 26.0 Å². The summed E-state index contributed by atoms with van der Waals surface area (Å²) < 4.78 is 2.30. The Kier molecular flexibility index (Phi) is 4.41. The van der Waals surface area contributed by atoms with Crippen molar-refractivity contribution in [2.75, 3.05) is 6.54 Å². The van der Waals surface area contributed by atoms with Crippen LogP contribution >= 0.6 is 11.3 Å². The van der Waals surface area contributed by atoms with Crippen molar-refractivity contribution in [3.63, 3.8) is 0 Å². The van der Waals surface area contributed by atoms with E-state index in [-0.39, 0.29) is 5.56 Å². The van der Waals surface area contributed by atoms with Gasteiger partial charge in [0.05, 0.1) is 11.9 Å². The lowest BCUT2D eigenvalue weighted by molar-refractivity contribution is 0.157. The van der Waals surface area contributed by atoms with Crippen molar-refractivity contribution < 1.29 is 0 Å². The molecule has 0 saturated carbocycles. The van der Waals surface area contributed by atoms with Crippen LogP contribution < -0.4 is 5.56 Å². The number of H-pyrrole nitrogens is 1. The van der Waals surface area contributed by atoms with Gasteiger partial charge in [-0.15, -0.1) is 11.3 Å². The monoisotopic (exact) mass is 404 g/mol. The zero-order valence-corrected chi connectivity index (χ0v) is 17.7. The van der Waals surface area contributed by atoms with Crippen LogP contribution in [0.3, 0.4) is 0 Å². The van der Waals surface area contributed by atoms with Gasteiger partial charge < -0.3 is 9.55 Å². The number of nitrogens with one attached hydrogen (secondary N) is 1. The third-order valence-corrected chi connectivity index (χ3v) is 6.95. The van der Waals surface area contributed by atoms with Crippen molar-refractivity contribution in [3.05, 3.63) is 74.9 Å². The number of aromatic amines is 1. The third kappa shape index (κ3) is 3.12. The molecule has 0 amide bonds. The summed E-state index contributed by atoms with van der Waals surface area (Å²) in [5.41, 5.74) is 4.56. The lowest BCUT2D eigenvalue weighted by Crippen LogP contribution is -2.36. The summed E-state index contributed by atoms with van der Waals surface area (Å²) in [5, 5.41) is 0.709. The van der Waals surface area contributed by atoms with Crippen LogP contribution in [0.1, 0.15) is 34.9 Å². The lowest BCUT2D eigenvalue weighted by Gasteiger charge is -2.34. The van der Waals surface area contributed by atoms with Crippen molar-refractivity contribution in [1.82, 2.24) is 19.4 Å². The highest BCUT2D eigenvalue weighted by molar-refractivity contribution is 7.19. The molecule has 1 aromatic carbocycles. The fraction of sp³-hybridized carbons (Fsp3) is 0.304. The largest absolute Gasteiger partial charge is 0.349 e. The predicted octanol–water partition coefficient (Wildman–Crippen LogP) is 4.65. The van der Waals surface area contributed by atoms with Crippen molar-refractivity contribution in [3.8, 4) is 11.1 Å². The minimum absolute atomic E-state index is 0.0436. The Morgan fingerprint density at radius 2 is 1.97 bits per heavy atom. The number of hydrogen-bond acceptors (Lipinski definition) is 4. The maximum atomic E-state index is 13.0. The molecule has 1 atom stereocenters. The number of aromatic nitrogens is 3. The van der Waals surface area contributed by atoms with Gasteiger partial charge in [0.25, 0.3) is 5.56 Å². The van der Waals surface area contributed by atoms with E-state index in [1.807, 2.05) is 0 Å². The van der Waals surface area contributed by atoms with Gasteiger partial charge in [0.1, 0.15) is 10.7 Å². The Morgan fingerprint density at radius 3 is 2.76 bits per heavy atom. The normalized spacial score (nSPS) is 17.0. The first-order valence-corrected chi connectivity index (χ1v) is 10.8. The summed E-state index contributed by atoms with van der Waals surface area (Å²) >= 11 is 1.61. The summed E-state index contributed by atoms with van der Waals surface area (Å²) in [5.74, 6) is 0.742. The molecule has 148 valence electrons. The van der Waals surface area contributed by atoms with Crippen molar-refractivity contribution >= 4 is 21.6 Å². The number of fused-ring (bicyclic) bond motifs is 2. The first-order valence-electron chi connectivity index (χ1n) is 9.99. The molecule has 0 radical (unpaired) electrons. The average molecular weight is 405 g/mol. The first-order chi connectivity index (χ1) is 14.0. The Labute approximate surface area is 173 Å². The van der Waals surface area contributed by atoms with Crippen LogP contribution in [0.15, 0.2) is 47.4 Å². The Morgan fingerprint density at radius 1 is 1.17 bits per heavy atom. The summed E-state index contributed by atoms with van der Waals surface area (Å²) in [6.07, 6.45) is 2.14. The predicted molar refractivity (Wildman–Crippen MR) is 118 cm³/mol. The molecular formula is C23H24N4OS. The van der Waals surface area contributed by atoms with Gasteiger partial charge in [-0.1, -0.05) is 29.8 Å². The molecule has 0 aliphatic carbocycles. The van der Waals surface area contributed by atoms with Crippen molar-refractivity contribution in [2.45, 2.75) is 39.9 Å². The highest BCUT2D eigenvalue weighted by atomic mass is 32.1. The molecule has 1 aliphatic heterocycles. The van der Waals surface area contributed by atoms with Gasteiger partial charge in [0.2, 0.25) is 0 Å². The van der Waals surface area contributed by atoms with Gasteiger partial charge in [0, 0.05) is 41.5 Å². The van der Waals surface area contributed by atoms with E-state index in [9.17, 15) is 4.79 Å². The standard InChI is InChI=1S/C23H24N4OS/c1-14-6-8-17(9-7-14)20-16(3)29-23-21(20)22(28)24-19(25-23)13-27-12-11-26-10-4-5-18(26)15(27)2/h4-10,15H,11-13H2,1-3H3,(H,24,25,28). The highest BCUT2D eigenvalue weighted by Gasteiger charge is 2.25. The number of rotatable bonds is 3. The van der Waals surface area contributed by atoms with E-state index in [2.05, 4.69) is 77.8 Å². The fourth-order valence-electron chi connectivity index (χ4n) is 4.34. The molecule has 4 heterocycles. The molecule has 4 aromatic rings. The Bertz CT molecular complexity index is 1250. The highest BCUT2D eigenvalue weighted by Crippen LogP contribution is 2.36. The second kappa shape index (κ2) is 6.97. The molecule has 1 aliphatic rings. The van der Waals surface area contributed by atoms with E-state index in [0.717, 1.165) is 39.7 Å². The van der Waals surface area contributed by atoms with E-state index < -0.39 is 0 Å². The average Bonchev–Trinajstić information content (AvgIpc) is 3.29. The molecule has 6 heteroatoms. The Hall–Kier alpha value is -2.70. The molecule has 3 aromatic heterocycles. The van der Waals surface area contributed by atoms with Crippen LogP contribution in [-0.2, 0) is 13.1 Å². The topological polar surface area (TPSA) is 53.9 Å². The van der Waals surface area contributed by atoms with Crippen molar-refractivity contribution in [2.24, 2.45) is 0 Å². The molecule has 29 heavy (non-hydrogen) atoms. The minimum atomic E-state index is -0.0436. The van der Waals surface area contributed by atoms with Gasteiger partial charge >= 0.3 is 0 Å². The van der Waals surface area contributed by atoms with Gasteiger partial charge in [-0.2, -0.15) is 0 Å². The third-order valence-electron chi connectivity index (χ3n) is 5.95. The van der Waals surface area contributed by atoms with Crippen LogP contribution in [0, 0.1) is 13.8 Å². The van der Waals surface area contributed by atoms with E-state index in [1.54, 1.807) is 11.3 Å². The Balaban J connectivity index is 1.51. The molecule has 5 rings (SSSR count). The number of benzene rings is 1. The molecule has 1 unspecified atom stereocenters. The summed E-state index contributed by atoms with van der Waals surface area (Å²) in [6, 6.07) is 12.9. The van der Waals surface area contributed by atoms with Crippen LogP contribution in [0.5, 0.6) is 0 Å². The smallest absolute Gasteiger partial charge is 0.260 e. The van der Waals surface area contributed by atoms with Gasteiger partial charge in [0.15, 0.2) is 0 Å². The van der Waals surface area contributed by atoms with E-state index in [0.29, 0.717) is 18.0 Å². The van der Waals surface area contributed by atoms with E-state index in [1.165, 1.54) is 11.3 Å². The first kappa shape index (κ1) is 18.3. The van der Waals surface area contributed by atoms with Gasteiger partial charge in [-0.05, 0) is 38.5 Å². The SMILES string of the molecule is Cc1ccc(-c2c(C)sc3nc(CN4CCn5cccc5C4C)[nH]c(=O)c23)cc1. The second-order valence-electron chi connectivity index (χ2n) is 7.86. The fourth-order valence-corrected chi connectivity index (χ4v) is 5.41. The molecule has 5 nitrogen and oxygen atoms in total. The quantitative estimate of drug-likeness (QED) is 0.541. The van der Waals surface area contributed by atoms with Crippen LogP contribution in [0.25, 0.3) is 21.3 Å².